The number of alkyl halides is 1. The maximum atomic E-state index is 11.5. The monoisotopic (exact) mass is 263 g/mol. The van der Waals surface area contributed by atoms with E-state index in [0.717, 1.165) is 30.4 Å². The van der Waals surface area contributed by atoms with Gasteiger partial charge in [0.1, 0.15) is 11.9 Å². The topological polar surface area (TPSA) is 63.9 Å². The van der Waals surface area contributed by atoms with Gasteiger partial charge in [-0.1, -0.05) is 12.1 Å². The van der Waals surface area contributed by atoms with Crippen molar-refractivity contribution in [3.05, 3.63) is 30.6 Å². The van der Waals surface area contributed by atoms with E-state index < -0.39 is 6.17 Å². The largest absolute Gasteiger partial charge is 0.494 e. The predicted octanol–water partition coefficient (Wildman–Crippen LogP) is 3.18. The lowest BCUT2D eigenvalue weighted by Gasteiger charge is -2.14. The lowest BCUT2D eigenvalue weighted by atomic mass is 9.98. The molecule has 1 aromatic heterocycles. The van der Waals surface area contributed by atoms with Gasteiger partial charge in [0.2, 0.25) is 0 Å². The van der Waals surface area contributed by atoms with Crippen LogP contribution in [-0.2, 0) is 0 Å². The lowest BCUT2D eigenvalue weighted by molar-refractivity contribution is 0.211. The van der Waals surface area contributed by atoms with Crippen molar-refractivity contribution in [1.82, 2.24) is 10.2 Å². The number of aromatic nitrogens is 2. The van der Waals surface area contributed by atoms with Crippen LogP contribution in [0.2, 0.25) is 0 Å². The fraction of sp³-hybridized carbons (Fsp3) is 0.357. The van der Waals surface area contributed by atoms with E-state index in [1.54, 1.807) is 19.5 Å². The third-order valence-corrected chi connectivity index (χ3v) is 3.09. The number of halogens is 1. The van der Waals surface area contributed by atoms with Gasteiger partial charge in [-0.05, 0) is 25.3 Å². The SMILES string of the molecule is COc1c(N)cccc1-c1cn[nH]c1.FC1CCC1. The van der Waals surface area contributed by atoms with Gasteiger partial charge in [0.05, 0.1) is 19.0 Å². The van der Waals surface area contributed by atoms with E-state index >= 15 is 0 Å². The first-order valence-corrected chi connectivity index (χ1v) is 6.28. The van der Waals surface area contributed by atoms with Gasteiger partial charge in [-0.15, -0.1) is 0 Å². The molecule has 0 radical (unpaired) electrons. The van der Waals surface area contributed by atoms with Crippen molar-refractivity contribution in [3.8, 4) is 16.9 Å². The molecule has 102 valence electrons. The quantitative estimate of drug-likeness (QED) is 0.818. The molecule has 5 heteroatoms. The molecular weight excluding hydrogens is 245 g/mol. The smallest absolute Gasteiger partial charge is 0.149 e. The Morgan fingerprint density at radius 1 is 1.42 bits per heavy atom. The molecule has 0 bridgehead atoms. The van der Waals surface area contributed by atoms with Crippen LogP contribution in [-0.4, -0.2) is 23.5 Å². The van der Waals surface area contributed by atoms with E-state index in [1.807, 2.05) is 18.2 Å². The predicted molar refractivity (Wildman–Crippen MR) is 73.7 cm³/mol. The number of rotatable bonds is 2. The highest BCUT2D eigenvalue weighted by atomic mass is 19.1. The number of hydrogen-bond donors (Lipinski definition) is 2. The zero-order valence-electron chi connectivity index (χ0n) is 10.9. The van der Waals surface area contributed by atoms with E-state index in [1.165, 1.54) is 0 Å². The Bertz CT molecular complexity index is 509. The second-order valence-corrected chi connectivity index (χ2v) is 4.44. The Morgan fingerprint density at radius 2 is 2.16 bits per heavy atom. The number of H-pyrrole nitrogens is 1. The van der Waals surface area contributed by atoms with Crippen LogP contribution in [0.1, 0.15) is 19.3 Å². The summed E-state index contributed by atoms with van der Waals surface area (Å²) in [5.74, 6) is 0.689. The standard InChI is InChI=1S/C10H11N3O.C4H7F/c1-14-10-8(3-2-4-9(10)11)7-5-12-13-6-7;5-4-2-1-3-4/h2-6H,11H2,1H3,(H,12,13);4H,1-3H2. The van der Waals surface area contributed by atoms with E-state index in [4.69, 9.17) is 10.5 Å². The minimum absolute atomic E-state index is 0.435. The number of nitrogens with two attached hydrogens (primary N) is 1. The molecule has 1 aromatic carbocycles. The van der Waals surface area contributed by atoms with E-state index in [9.17, 15) is 4.39 Å². The summed E-state index contributed by atoms with van der Waals surface area (Å²) in [5, 5.41) is 6.63. The fourth-order valence-corrected chi connectivity index (χ4v) is 1.77. The molecule has 1 fully saturated rings. The van der Waals surface area contributed by atoms with E-state index in [0.29, 0.717) is 11.4 Å². The highest BCUT2D eigenvalue weighted by Crippen LogP contribution is 2.33. The average molecular weight is 263 g/mol. The molecule has 19 heavy (non-hydrogen) atoms. The van der Waals surface area contributed by atoms with Crippen LogP contribution < -0.4 is 10.5 Å². The molecule has 1 aliphatic rings. The van der Waals surface area contributed by atoms with Gasteiger partial charge in [0, 0.05) is 17.3 Å². The summed E-state index contributed by atoms with van der Waals surface area (Å²) in [7, 11) is 1.61. The van der Waals surface area contributed by atoms with Crippen molar-refractivity contribution < 1.29 is 9.13 Å². The summed E-state index contributed by atoms with van der Waals surface area (Å²) in [6.45, 7) is 0. The molecule has 3 rings (SSSR count). The number of nitrogens with zero attached hydrogens (tertiary/aromatic N) is 1. The first-order valence-electron chi connectivity index (χ1n) is 6.28. The van der Waals surface area contributed by atoms with Gasteiger partial charge in [-0.3, -0.25) is 5.10 Å². The third-order valence-electron chi connectivity index (χ3n) is 3.09. The van der Waals surface area contributed by atoms with Crippen LogP contribution in [0.25, 0.3) is 11.1 Å². The molecule has 0 aliphatic heterocycles. The van der Waals surface area contributed by atoms with Gasteiger partial charge < -0.3 is 10.5 Å². The average Bonchev–Trinajstić information content (AvgIpc) is 2.90. The van der Waals surface area contributed by atoms with E-state index in [2.05, 4.69) is 10.2 Å². The summed E-state index contributed by atoms with van der Waals surface area (Å²) < 4.78 is 16.8. The molecule has 2 aromatic rings. The normalized spacial score (nSPS) is 14.2. The highest BCUT2D eigenvalue weighted by Gasteiger charge is 2.14. The van der Waals surface area contributed by atoms with Crippen LogP contribution in [0.15, 0.2) is 30.6 Å². The maximum Gasteiger partial charge on any atom is 0.149 e. The maximum absolute atomic E-state index is 11.5. The molecule has 1 heterocycles. The van der Waals surface area contributed by atoms with Crippen LogP contribution in [0.4, 0.5) is 10.1 Å². The van der Waals surface area contributed by atoms with Crippen LogP contribution in [0.5, 0.6) is 5.75 Å². The number of ether oxygens (including phenoxy) is 1. The Labute approximate surface area is 111 Å². The molecule has 3 N–H and O–H groups in total. The molecule has 0 spiro atoms. The minimum atomic E-state index is -0.435. The summed E-state index contributed by atoms with van der Waals surface area (Å²) in [5.41, 5.74) is 8.33. The molecule has 1 saturated carbocycles. The Kier molecular flexibility index (Phi) is 4.39. The Morgan fingerprint density at radius 3 is 2.63 bits per heavy atom. The molecule has 1 aliphatic carbocycles. The summed E-state index contributed by atoms with van der Waals surface area (Å²) in [4.78, 5) is 0. The van der Waals surface area contributed by atoms with Crippen molar-refractivity contribution in [2.75, 3.05) is 12.8 Å². The van der Waals surface area contributed by atoms with Crippen molar-refractivity contribution >= 4 is 5.69 Å². The first-order chi connectivity index (χ1) is 9.22. The Hall–Kier alpha value is -2.04. The number of nitrogen functional groups attached to an aromatic ring is 1. The highest BCUT2D eigenvalue weighted by molar-refractivity contribution is 5.76. The number of anilines is 1. The van der Waals surface area contributed by atoms with Crippen molar-refractivity contribution in [3.63, 3.8) is 0 Å². The molecule has 4 nitrogen and oxygen atoms in total. The third kappa shape index (κ3) is 3.24. The summed E-state index contributed by atoms with van der Waals surface area (Å²) in [6, 6.07) is 5.64. The van der Waals surface area contributed by atoms with Crippen molar-refractivity contribution in [2.45, 2.75) is 25.4 Å². The van der Waals surface area contributed by atoms with Gasteiger partial charge in [0.25, 0.3) is 0 Å². The number of nitrogens with one attached hydrogen (secondary N) is 1. The molecule has 0 atom stereocenters. The van der Waals surface area contributed by atoms with Gasteiger partial charge in [-0.25, -0.2) is 4.39 Å². The van der Waals surface area contributed by atoms with Crippen LogP contribution in [0.3, 0.4) is 0 Å². The van der Waals surface area contributed by atoms with Gasteiger partial charge in [0.15, 0.2) is 0 Å². The number of aromatic amines is 1. The fourth-order valence-electron chi connectivity index (χ4n) is 1.77. The number of hydrogen-bond acceptors (Lipinski definition) is 3. The van der Waals surface area contributed by atoms with Crippen molar-refractivity contribution in [1.29, 1.82) is 0 Å². The van der Waals surface area contributed by atoms with Crippen LogP contribution >= 0.6 is 0 Å². The van der Waals surface area contributed by atoms with Crippen molar-refractivity contribution in [2.24, 2.45) is 0 Å². The molecule has 0 amide bonds. The molecule has 0 saturated heterocycles. The lowest BCUT2D eigenvalue weighted by Crippen LogP contribution is -2.09. The zero-order chi connectivity index (χ0) is 13.7. The van der Waals surface area contributed by atoms with Gasteiger partial charge in [-0.2, -0.15) is 5.10 Å². The van der Waals surface area contributed by atoms with Gasteiger partial charge >= 0.3 is 0 Å². The summed E-state index contributed by atoms with van der Waals surface area (Å²) in [6.07, 6.45) is 5.85. The molecular formula is C14H18FN3O. The minimum Gasteiger partial charge on any atom is -0.494 e. The van der Waals surface area contributed by atoms with Crippen LogP contribution in [0, 0.1) is 0 Å². The first kappa shape index (κ1) is 13.4. The number of para-hydroxylation sites is 1. The second-order valence-electron chi connectivity index (χ2n) is 4.44. The summed E-state index contributed by atoms with van der Waals surface area (Å²) >= 11 is 0. The Balaban J connectivity index is 0.000000224. The molecule has 0 unspecified atom stereocenters. The second kappa shape index (κ2) is 6.22. The van der Waals surface area contributed by atoms with E-state index in [-0.39, 0.29) is 0 Å². The zero-order valence-corrected chi connectivity index (χ0v) is 10.9. The number of benzene rings is 1. The number of methoxy groups -OCH3 is 1.